The lowest BCUT2D eigenvalue weighted by atomic mass is 10.2. The molecule has 0 atom stereocenters. The first-order valence-corrected chi connectivity index (χ1v) is 10.7. The standard InChI is InChI=1S/C21H19N5O4S/c1-25(2)31(28,29)16-8-5-7-15(13-16)23-21(27)18-14-17(19-9-6-12-30-19)24-26(18)20-10-3-4-11-22-20/h3-14H,1-2H3,(H,23,27). The maximum Gasteiger partial charge on any atom is 0.274 e. The van der Waals surface area contributed by atoms with Crippen LogP contribution in [0.1, 0.15) is 10.5 Å². The third-order valence-corrected chi connectivity index (χ3v) is 6.26. The maximum absolute atomic E-state index is 13.1. The van der Waals surface area contributed by atoms with E-state index in [-0.39, 0.29) is 10.6 Å². The normalized spacial score (nSPS) is 11.6. The number of aromatic nitrogens is 3. The average molecular weight is 437 g/mol. The van der Waals surface area contributed by atoms with Gasteiger partial charge in [0, 0.05) is 32.0 Å². The van der Waals surface area contributed by atoms with E-state index in [1.165, 1.54) is 37.2 Å². The molecule has 0 unspecified atom stereocenters. The Morgan fingerprint density at radius 2 is 1.90 bits per heavy atom. The summed E-state index contributed by atoms with van der Waals surface area (Å²) in [6.45, 7) is 0. The van der Waals surface area contributed by atoms with E-state index in [0.29, 0.717) is 23.0 Å². The van der Waals surface area contributed by atoms with E-state index in [0.717, 1.165) is 4.31 Å². The number of carbonyl (C=O) groups excluding carboxylic acids is 1. The molecule has 0 aliphatic rings. The summed E-state index contributed by atoms with van der Waals surface area (Å²) in [6.07, 6.45) is 3.12. The van der Waals surface area contributed by atoms with Gasteiger partial charge in [0.25, 0.3) is 5.91 Å². The zero-order chi connectivity index (χ0) is 22.0. The molecule has 0 spiro atoms. The Morgan fingerprint density at radius 3 is 2.58 bits per heavy atom. The summed E-state index contributed by atoms with van der Waals surface area (Å²) in [4.78, 5) is 17.4. The summed E-state index contributed by atoms with van der Waals surface area (Å²) >= 11 is 0. The van der Waals surface area contributed by atoms with Crippen molar-refractivity contribution in [3.8, 4) is 17.3 Å². The number of rotatable bonds is 6. The van der Waals surface area contributed by atoms with Crippen molar-refractivity contribution in [1.82, 2.24) is 19.1 Å². The predicted octanol–water partition coefficient (Wildman–Crippen LogP) is 3.03. The van der Waals surface area contributed by atoms with Gasteiger partial charge in [-0.15, -0.1) is 0 Å². The fourth-order valence-corrected chi connectivity index (χ4v) is 3.83. The molecule has 4 aromatic rings. The molecule has 1 amide bonds. The van der Waals surface area contributed by atoms with Crippen molar-refractivity contribution in [2.45, 2.75) is 4.90 Å². The van der Waals surface area contributed by atoms with Crippen molar-refractivity contribution in [3.05, 3.63) is 78.8 Å². The molecule has 0 saturated carbocycles. The predicted molar refractivity (Wildman–Crippen MR) is 114 cm³/mol. The van der Waals surface area contributed by atoms with Crippen LogP contribution in [0, 0.1) is 0 Å². The summed E-state index contributed by atoms with van der Waals surface area (Å²) in [5, 5.41) is 7.20. The number of anilines is 1. The van der Waals surface area contributed by atoms with Crippen LogP contribution >= 0.6 is 0 Å². The summed E-state index contributed by atoms with van der Waals surface area (Å²) in [5.41, 5.74) is 1.01. The Bertz CT molecular complexity index is 1310. The van der Waals surface area contributed by atoms with Gasteiger partial charge in [-0.1, -0.05) is 12.1 Å². The van der Waals surface area contributed by atoms with Crippen molar-refractivity contribution in [2.75, 3.05) is 19.4 Å². The van der Waals surface area contributed by atoms with Gasteiger partial charge in [-0.05, 0) is 42.5 Å². The first-order chi connectivity index (χ1) is 14.9. The first-order valence-electron chi connectivity index (χ1n) is 9.25. The van der Waals surface area contributed by atoms with Gasteiger partial charge in [0.15, 0.2) is 11.6 Å². The number of sulfonamides is 1. The number of amides is 1. The van der Waals surface area contributed by atoms with E-state index >= 15 is 0 Å². The molecular weight excluding hydrogens is 418 g/mol. The van der Waals surface area contributed by atoms with E-state index in [1.54, 1.807) is 54.7 Å². The maximum atomic E-state index is 13.1. The van der Waals surface area contributed by atoms with Crippen LogP contribution in [0.4, 0.5) is 5.69 Å². The number of nitrogens with one attached hydrogen (secondary N) is 1. The van der Waals surface area contributed by atoms with E-state index < -0.39 is 15.9 Å². The summed E-state index contributed by atoms with van der Waals surface area (Å²) in [5.74, 6) is 0.479. The van der Waals surface area contributed by atoms with Crippen molar-refractivity contribution < 1.29 is 17.6 Å². The van der Waals surface area contributed by atoms with Crippen molar-refractivity contribution >= 4 is 21.6 Å². The van der Waals surface area contributed by atoms with Gasteiger partial charge >= 0.3 is 0 Å². The largest absolute Gasteiger partial charge is 0.463 e. The van der Waals surface area contributed by atoms with Gasteiger partial charge in [-0.25, -0.2) is 22.4 Å². The second-order valence-electron chi connectivity index (χ2n) is 6.76. The van der Waals surface area contributed by atoms with E-state index in [1.807, 2.05) is 0 Å². The number of hydrogen-bond donors (Lipinski definition) is 1. The van der Waals surface area contributed by atoms with Gasteiger partial charge in [-0.3, -0.25) is 4.79 Å². The molecule has 0 aliphatic carbocycles. The third-order valence-electron chi connectivity index (χ3n) is 4.45. The molecule has 0 saturated heterocycles. The molecule has 158 valence electrons. The number of pyridine rings is 1. The van der Waals surface area contributed by atoms with Gasteiger partial charge in [-0.2, -0.15) is 5.10 Å². The van der Waals surface area contributed by atoms with Crippen molar-refractivity contribution in [2.24, 2.45) is 0 Å². The highest BCUT2D eigenvalue weighted by atomic mass is 32.2. The lowest BCUT2D eigenvalue weighted by Gasteiger charge is -2.13. The zero-order valence-electron chi connectivity index (χ0n) is 16.8. The van der Waals surface area contributed by atoms with Crippen molar-refractivity contribution in [1.29, 1.82) is 0 Å². The van der Waals surface area contributed by atoms with Gasteiger partial charge in [0.2, 0.25) is 10.0 Å². The molecule has 10 heteroatoms. The van der Waals surface area contributed by atoms with Crippen LogP contribution < -0.4 is 5.32 Å². The smallest absolute Gasteiger partial charge is 0.274 e. The Hall–Kier alpha value is -3.76. The van der Waals surface area contributed by atoms with E-state index in [2.05, 4.69) is 15.4 Å². The lowest BCUT2D eigenvalue weighted by Crippen LogP contribution is -2.22. The van der Waals surface area contributed by atoms with Crippen LogP contribution in [0.5, 0.6) is 0 Å². The Labute approximate surface area is 179 Å². The fraction of sp³-hybridized carbons (Fsp3) is 0.0952. The second kappa shape index (κ2) is 8.17. The first kappa shape index (κ1) is 20.5. The topological polar surface area (TPSA) is 110 Å². The highest BCUT2D eigenvalue weighted by molar-refractivity contribution is 7.89. The zero-order valence-corrected chi connectivity index (χ0v) is 17.6. The Kier molecular flexibility index (Phi) is 5.40. The molecule has 4 rings (SSSR count). The second-order valence-corrected chi connectivity index (χ2v) is 8.91. The highest BCUT2D eigenvalue weighted by Crippen LogP contribution is 2.23. The molecule has 31 heavy (non-hydrogen) atoms. The van der Waals surface area contributed by atoms with Gasteiger partial charge in [0.05, 0.1) is 11.2 Å². The molecule has 0 aliphatic heterocycles. The quantitative estimate of drug-likeness (QED) is 0.496. The van der Waals surface area contributed by atoms with Gasteiger partial charge < -0.3 is 9.73 Å². The molecule has 1 N–H and O–H groups in total. The monoisotopic (exact) mass is 437 g/mol. The SMILES string of the molecule is CN(C)S(=O)(=O)c1cccc(NC(=O)c2cc(-c3ccco3)nn2-c2ccccn2)c1. The van der Waals surface area contributed by atoms with E-state index in [9.17, 15) is 13.2 Å². The molecule has 0 fully saturated rings. The van der Waals surface area contributed by atoms with Crippen LogP contribution in [0.3, 0.4) is 0 Å². The minimum absolute atomic E-state index is 0.0739. The van der Waals surface area contributed by atoms with Crippen LogP contribution in [-0.2, 0) is 10.0 Å². The van der Waals surface area contributed by atoms with Crippen LogP contribution in [0.25, 0.3) is 17.3 Å². The minimum Gasteiger partial charge on any atom is -0.463 e. The number of hydrogen-bond acceptors (Lipinski definition) is 6. The molecule has 0 radical (unpaired) electrons. The number of furan rings is 1. The molecule has 1 aromatic carbocycles. The highest BCUT2D eigenvalue weighted by Gasteiger charge is 2.21. The number of nitrogens with zero attached hydrogens (tertiary/aromatic N) is 4. The summed E-state index contributed by atoms with van der Waals surface area (Å²) in [6, 6.07) is 16.4. The summed E-state index contributed by atoms with van der Waals surface area (Å²) in [7, 11) is -0.741. The fourth-order valence-electron chi connectivity index (χ4n) is 2.88. The summed E-state index contributed by atoms with van der Waals surface area (Å²) < 4.78 is 32.7. The number of carbonyl (C=O) groups is 1. The molecule has 3 aromatic heterocycles. The lowest BCUT2D eigenvalue weighted by molar-refractivity contribution is 0.101. The molecule has 3 heterocycles. The van der Waals surface area contributed by atoms with E-state index in [4.69, 9.17) is 4.42 Å². The Balaban J connectivity index is 1.71. The van der Waals surface area contributed by atoms with Crippen LogP contribution in [0.15, 0.2) is 82.4 Å². The van der Waals surface area contributed by atoms with Gasteiger partial charge in [0.1, 0.15) is 11.4 Å². The average Bonchev–Trinajstić information content (AvgIpc) is 3.44. The third kappa shape index (κ3) is 4.11. The molecule has 9 nitrogen and oxygen atoms in total. The van der Waals surface area contributed by atoms with Crippen LogP contribution in [-0.4, -0.2) is 47.5 Å². The number of benzene rings is 1. The van der Waals surface area contributed by atoms with Crippen molar-refractivity contribution in [3.63, 3.8) is 0 Å². The van der Waals surface area contributed by atoms with Crippen LogP contribution in [0.2, 0.25) is 0 Å². The molecule has 0 bridgehead atoms. The minimum atomic E-state index is -3.63. The molecular formula is C21H19N5O4S. The Morgan fingerprint density at radius 1 is 1.06 bits per heavy atom.